The minimum absolute atomic E-state index is 0.221. The third-order valence-corrected chi connectivity index (χ3v) is 1.69. The summed E-state index contributed by atoms with van der Waals surface area (Å²) in [5.41, 5.74) is -0.753. The molecule has 0 fully saturated rings. The Bertz CT molecular complexity index is 145. The van der Waals surface area contributed by atoms with Crippen LogP contribution in [0.15, 0.2) is 12.7 Å². The minimum atomic E-state index is -0.753. The van der Waals surface area contributed by atoms with E-state index in [0.717, 1.165) is 25.7 Å². The quantitative estimate of drug-likeness (QED) is 0.364. The largest absolute Gasteiger partial charge is 0.446 e. The van der Waals surface area contributed by atoms with Crippen LogP contribution in [0, 0.1) is 0 Å². The van der Waals surface area contributed by atoms with Crippen LogP contribution < -0.4 is 0 Å². The van der Waals surface area contributed by atoms with Gasteiger partial charge in [0, 0.05) is 11.6 Å². The summed E-state index contributed by atoms with van der Waals surface area (Å²) >= 11 is 5.06. The number of hydrogen-bond acceptors (Lipinski definition) is 2. The maximum atomic E-state index is 10.3. The zero-order valence-corrected chi connectivity index (χ0v) is 8.14. The van der Waals surface area contributed by atoms with Crippen molar-refractivity contribution in [3.05, 3.63) is 12.7 Å². The number of carbonyl (C=O) groups is 1. The lowest BCUT2D eigenvalue weighted by atomic mass is 10.1. The highest BCUT2D eigenvalue weighted by Gasteiger charge is 2.07. The molecule has 1 unspecified atom stereocenters. The van der Waals surface area contributed by atoms with E-state index in [1.165, 1.54) is 0 Å². The molecule has 2 nitrogen and oxygen atoms in total. The van der Waals surface area contributed by atoms with Crippen molar-refractivity contribution in [3.8, 4) is 0 Å². The van der Waals surface area contributed by atoms with Crippen molar-refractivity contribution >= 4 is 17.0 Å². The maximum absolute atomic E-state index is 10.3. The third-order valence-electron chi connectivity index (χ3n) is 1.60. The first kappa shape index (κ1) is 11.5. The Morgan fingerprint density at radius 2 is 2.33 bits per heavy atom. The van der Waals surface area contributed by atoms with E-state index >= 15 is 0 Å². The standard InChI is InChI=1S/C9H15ClO2/c1-3-5-6-7-8(4-2)12-9(10)11/h4,8H,2-3,5-7H2,1H3. The predicted molar refractivity (Wildman–Crippen MR) is 50.5 cm³/mol. The molecule has 0 saturated carbocycles. The molecule has 0 aromatic rings. The van der Waals surface area contributed by atoms with Gasteiger partial charge in [-0.15, -0.1) is 0 Å². The molecule has 0 aromatic heterocycles. The van der Waals surface area contributed by atoms with Gasteiger partial charge in [0.25, 0.3) is 0 Å². The van der Waals surface area contributed by atoms with Gasteiger partial charge in [0.1, 0.15) is 6.10 Å². The Morgan fingerprint density at radius 3 is 2.75 bits per heavy atom. The van der Waals surface area contributed by atoms with E-state index in [0.29, 0.717) is 0 Å². The van der Waals surface area contributed by atoms with Gasteiger partial charge in [-0.25, -0.2) is 4.79 Å². The van der Waals surface area contributed by atoms with E-state index < -0.39 is 5.43 Å². The van der Waals surface area contributed by atoms with Gasteiger partial charge in [-0.3, -0.25) is 0 Å². The number of unbranched alkanes of at least 4 members (excludes halogenated alkanes) is 2. The van der Waals surface area contributed by atoms with Crippen LogP contribution >= 0.6 is 11.6 Å². The monoisotopic (exact) mass is 190 g/mol. The second-order valence-corrected chi connectivity index (χ2v) is 2.93. The molecule has 0 heterocycles. The van der Waals surface area contributed by atoms with Crippen LogP contribution in [0.5, 0.6) is 0 Å². The molecular weight excluding hydrogens is 176 g/mol. The van der Waals surface area contributed by atoms with Crippen molar-refractivity contribution in [2.45, 2.75) is 38.7 Å². The van der Waals surface area contributed by atoms with Gasteiger partial charge in [0.15, 0.2) is 0 Å². The molecule has 12 heavy (non-hydrogen) atoms. The molecule has 1 atom stereocenters. The minimum Gasteiger partial charge on any atom is -0.446 e. The van der Waals surface area contributed by atoms with Crippen molar-refractivity contribution < 1.29 is 9.53 Å². The Labute approximate surface area is 78.5 Å². The van der Waals surface area contributed by atoms with Crippen molar-refractivity contribution in [1.82, 2.24) is 0 Å². The summed E-state index contributed by atoms with van der Waals surface area (Å²) < 4.78 is 4.75. The molecule has 0 bridgehead atoms. The van der Waals surface area contributed by atoms with Crippen LogP contribution in [0.3, 0.4) is 0 Å². The molecule has 0 radical (unpaired) electrons. The highest BCUT2D eigenvalue weighted by Crippen LogP contribution is 2.08. The van der Waals surface area contributed by atoms with E-state index in [9.17, 15) is 4.79 Å². The first-order valence-corrected chi connectivity index (χ1v) is 4.57. The van der Waals surface area contributed by atoms with Gasteiger partial charge in [0.2, 0.25) is 0 Å². The van der Waals surface area contributed by atoms with E-state index in [4.69, 9.17) is 16.3 Å². The molecule has 0 rings (SSSR count). The van der Waals surface area contributed by atoms with Gasteiger partial charge in [-0.05, 0) is 12.8 Å². The fraction of sp³-hybridized carbons (Fsp3) is 0.667. The van der Waals surface area contributed by atoms with Crippen molar-refractivity contribution in [1.29, 1.82) is 0 Å². The van der Waals surface area contributed by atoms with E-state index in [1.54, 1.807) is 6.08 Å². The lowest BCUT2D eigenvalue weighted by molar-refractivity contribution is 0.139. The predicted octanol–water partition coefficient (Wildman–Crippen LogP) is 3.50. The molecule has 0 aromatic carbocycles. The van der Waals surface area contributed by atoms with Crippen LogP contribution in [-0.2, 0) is 4.74 Å². The lowest BCUT2D eigenvalue weighted by Gasteiger charge is -2.10. The second kappa shape index (κ2) is 7.17. The SMILES string of the molecule is C=CC(CCCCC)OC(=O)Cl. The number of ether oxygens (including phenoxy) is 1. The molecule has 70 valence electrons. The average Bonchev–Trinajstić information content (AvgIpc) is 2.02. The summed E-state index contributed by atoms with van der Waals surface area (Å²) in [5.74, 6) is 0. The van der Waals surface area contributed by atoms with Gasteiger partial charge in [-0.1, -0.05) is 32.4 Å². The molecule has 0 aliphatic heterocycles. The summed E-state index contributed by atoms with van der Waals surface area (Å²) in [6, 6.07) is 0. The van der Waals surface area contributed by atoms with Crippen molar-refractivity contribution in [2.75, 3.05) is 0 Å². The van der Waals surface area contributed by atoms with Crippen molar-refractivity contribution in [2.24, 2.45) is 0 Å². The Hall–Kier alpha value is -0.500. The number of halogens is 1. The summed E-state index contributed by atoms with van der Waals surface area (Å²) in [5, 5.41) is 0. The molecule has 0 spiro atoms. The van der Waals surface area contributed by atoms with E-state index in [1.807, 2.05) is 0 Å². The van der Waals surface area contributed by atoms with Crippen LogP contribution in [0.2, 0.25) is 0 Å². The Morgan fingerprint density at radius 1 is 1.67 bits per heavy atom. The second-order valence-electron chi connectivity index (χ2n) is 2.63. The topological polar surface area (TPSA) is 26.3 Å². The van der Waals surface area contributed by atoms with Gasteiger partial charge >= 0.3 is 5.43 Å². The first-order valence-electron chi connectivity index (χ1n) is 4.19. The zero-order chi connectivity index (χ0) is 9.40. The van der Waals surface area contributed by atoms with Gasteiger partial charge < -0.3 is 4.74 Å². The highest BCUT2D eigenvalue weighted by molar-refractivity contribution is 6.61. The summed E-state index contributed by atoms with van der Waals surface area (Å²) in [7, 11) is 0. The fourth-order valence-electron chi connectivity index (χ4n) is 0.939. The molecule has 0 amide bonds. The first-order chi connectivity index (χ1) is 5.70. The van der Waals surface area contributed by atoms with Crippen LogP contribution in [-0.4, -0.2) is 11.5 Å². The third kappa shape index (κ3) is 6.23. The van der Waals surface area contributed by atoms with E-state index in [2.05, 4.69) is 13.5 Å². The summed E-state index contributed by atoms with van der Waals surface area (Å²) in [6.07, 6.45) is 5.54. The highest BCUT2D eigenvalue weighted by atomic mass is 35.5. The number of rotatable bonds is 6. The average molecular weight is 191 g/mol. The smallest absolute Gasteiger partial charge is 0.404 e. The Kier molecular flexibility index (Phi) is 6.87. The fourth-order valence-corrected chi connectivity index (χ4v) is 1.05. The van der Waals surface area contributed by atoms with E-state index in [-0.39, 0.29) is 6.10 Å². The molecule has 0 saturated heterocycles. The summed E-state index contributed by atoms with van der Waals surface area (Å²) in [6.45, 7) is 5.68. The van der Waals surface area contributed by atoms with Crippen LogP contribution in [0.1, 0.15) is 32.6 Å². The maximum Gasteiger partial charge on any atom is 0.404 e. The summed E-state index contributed by atoms with van der Waals surface area (Å²) in [4.78, 5) is 10.3. The van der Waals surface area contributed by atoms with Gasteiger partial charge in [0.05, 0.1) is 0 Å². The molecule has 3 heteroatoms. The molecule has 0 aliphatic rings. The van der Waals surface area contributed by atoms with Crippen LogP contribution in [0.25, 0.3) is 0 Å². The molecule has 0 N–H and O–H groups in total. The molecular formula is C9H15ClO2. The normalized spacial score (nSPS) is 12.2. The van der Waals surface area contributed by atoms with Crippen LogP contribution in [0.4, 0.5) is 4.79 Å². The number of carbonyl (C=O) groups excluding carboxylic acids is 1. The van der Waals surface area contributed by atoms with Gasteiger partial charge in [-0.2, -0.15) is 0 Å². The number of hydrogen-bond donors (Lipinski definition) is 0. The zero-order valence-electron chi connectivity index (χ0n) is 7.38. The molecule has 0 aliphatic carbocycles. The van der Waals surface area contributed by atoms with Crippen molar-refractivity contribution in [3.63, 3.8) is 0 Å². The lowest BCUT2D eigenvalue weighted by Crippen LogP contribution is -2.10. The Balaban J connectivity index is 3.53.